The van der Waals surface area contributed by atoms with Crippen LogP contribution in [0.1, 0.15) is 42.7 Å². The van der Waals surface area contributed by atoms with E-state index in [4.69, 9.17) is 11.6 Å². The Morgan fingerprint density at radius 1 is 1.11 bits per heavy atom. The summed E-state index contributed by atoms with van der Waals surface area (Å²) in [4.78, 5) is 2.75. The van der Waals surface area contributed by atoms with Crippen LogP contribution in [0.15, 0.2) is 35.9 Å². The molecule has 0 amide bonds. The second kappa shape index (κ2) is 7.02. The van der Waals surface area contributed by atoms with Gasteiger partial charge in [-0.25, -0.2) is 0 Å². The molecule has 1 aromatic rings. The number of allylic oxidation sites excluding steroid dienone is 1. The van der Waals surface area contributed by atoms with Gasteiger partial charge < -0.3 is 0 Å². The second-order valence-electron chi connectivity index (χ2n) is 4.77. The van der Waals surface area contributed by atoms with Crippen LogP contribution in [0.4, 0.5) is 0 Å². The Hall–Kier alpha value is -0.710. The van der Waals surface area contributed by atoms with Gasteiger partial charge in [0.15, 0.2) is 0 Å². The van der Waals surface area contributed by atoms with Crippen LogP contribution in [0.5, 0.6) is 0 Å². The third-order valence-electron chi connectivity index (χ3n) is 3.69. The van der Waals surface area contributed by atoms with Crippen molar-refractivity contribution < 1.29 is 0 Å². The fourth-order valence-electron chi connectivity index (χ4n) is 2.64. The van der Waals surface area contributed by atoms with Crippen LogP contribution in [0.25, 0.3) is 0 Å². The van der Waals surface area contributed by atoms with Gasteiger partial charge in [0.1, 0.15) is 0 Å². The topological polar surface area (TPSA) is 0 Å². The normalized spacial score (nSPS) is 23.7. The van der Waals surface area contributed by atoms with E-state index < -0.39 is 0 Å². The number of halogens is 2. The molecule has 0 nitrogen and oxygen atoms in total. The molecular weight excluding hydrogens is 308 g/mol. The summed E-state index contributed by atoms with van der Waals surface area (Å²) in [5.41, 5.74) is 4.18. The summed E-state index contributed by atoms with van der Waals surface area (Å²) in [5.74, 6) is 4.39. The molecule has 18 heavy (non-hydrogen) atoms. The minimum absolute atomic E-state index is 0.678. The van der Waals surface area contributed by atoms with Gasteiger partial charge in [-0.1, -0.05) is 35.7 Å². The molecule has 1 aliphatic rings. The molecule has 0 unspecified atom stereocenters. The van der Waals surface area contributed by atoms with E-state index in [1.165, 1.54) is 31.2 Å². The molecule has 0 bridgehead atoms. The van der Waals surface area contributed by atoms with E-state index in [0.29, 0.717) is 11.8 Å². The molecule has 1 fully saturated rings. The van der Waals surface area contributed by atoms with Crippen molar-refractivity contribution >= 4 is 27.5 Å². The van der Waals surface area contributed by atoms with E-state index in [1.54, 1.807) is 5.54 Å². The molecule has 0 atom stereocenters. The van der Waals surface area contributed by atoms with Gasteiger partial charge in [0.2, 0.25) is 0 Å². The molecule has 0 saturated heterocycles. The van der Waals surface area contributed by atoms with Gasteiger partial charge in [0.25, 0.3) is 0 Å². The quantitative estimate of drug-likeness (QED) is 0.638. The van der Waals surface area contributed by atoms with Crippen LogP contribution in [-0.2, 0) is 0 Å². The van der Waals surface area contributed by atoms with Crippen molar-refractivity contribution in [1.29, 1.82) is 0 Å². The molecule has 0 radical (unpaired) electrons. The summed E-state index contributed by atoms with van der Waals surface area (Å²) in [6, 6.07) is 8.65. The van der Waals surface area contributed by atoms with Gasteiger partial charge >= 0.3 is 0 Å². The van der Waals surface area contributed by atoms with Gasteiger partial charge in [-0.3, -0.25) is 0 Å². The van der Waals surface area contributed by atoms with Gasteiger partial charge in [-0.15, -0.1) is 0 Å². The monoisotopic (exact) mass is 322 g/mol. The smallest absolute Gasteiger partial charge is 0.0254 e. The predicted octanol–water partition coefficient (Wildman–Crippen LogP) is 5.42. The zero-order chi connectivity index (χ0) is 12.8. The first-order chi connectivity index (χ1) is 8.83. The molecule has 1 aliphatic carbocycles. The van der Waals surface area contributed by atoms with Crippen molar-refractivity contribution in [3.63, 3.8) is 0 Å². The lowest BCUT2D eigenvalue weighted by molar-refractivity contribution is 0.376. The molecule has 2 heteroatoms. The van der Waals surface area contributed by atoms with Crippen molar-refractivity contribution in [2.24, 2.45) is 5.92 Å². The van der Waals surface area contributed by atoms with Crippen molar-refractivity contribution in [3.05, 3.63) is 47.0 Å². The molecule has 0 heterocycles. The zero-order valence-corrected chi connectivity index (χ0v) is 12.5. The molecule has 1 aromatic carbocycles. The van der Waals surface area contributed by atoms with E-state index >= 15 is 0 Å². The van der Waals surface area contributed by atoms with Crippen LogP contribution in [0, 0.1) is 16.7 Å². The lowest BCUT2D eigenvalue weighted by atomic mass is 9.79. The Labute approximate surface area is 123 Å². The number of hydrogen-bond donors (Lipinski definition) is 0. The molecule has 0 aromatic heterocycles. The van der Waals surface area contributed by atoms with Crippen molar-refractivity contribution in [1.82, 2.24) is 0 Å². The molecule has 1 saturated carbocycles. The van der Waals surface area contributed by atoms with E-state index in [0.717, 1.165) is 5.56 Å². The third kappa shape index (κ3) is 3.64. The van der Waals surface area contributed by atoms with Crippen LogP contribution >= 0.6 is 27.5 Å². The van der Waals surface area contributed by atoms with Crippen LogP contribution < -0.4 is 0 Å². The maximum absolute atomic E-state index is 5.64. The standard InChI is InChI=1S/C16H16BrCl/c17-11-9-13-1-5-15(6-2-13)16-7-3-14(4-8-16)10-12-18/h1-2,5-6,10,12,14,16H,3-4,7-8H2/b12-10+. The summed E-state index contributed by atoms with van der Waals surface area (Å²) in [7, 11) is 0. The Kier molecular flexibility index (Phi) is 5.35. The Morgan fingerprint density at radius 3 is 2.33 bits per heavy atom. The predicted molar refractivity (Wildman–Crippen MR) is 81.9 cm³/mol. The SMILES string of the molecule is Cl/C=C/C1CCC(c2ccc(C#CBr)cc2)CC1. The van der Waals surface area contributed by atoms with Crippen LogP contribution in [0.2, 0.25) is 0 Å². The maximum Gasteiger partial charge on any atom is 0.0254 e. The molecule has 94 valence electrons. The molecule has 0 N–H and O–H groups in total. The first-order valence-corrected chi connectivity index (χ1v) is 7.55. The number of rotatable bonds is 2. The highest BCUT2D eigenvalue weighted by atomic mass is 79.9. The maximum atomic E-state index is 5.64. The van der Waals surface area contributed by atoms with Crippen LogP contribution in [0.3, 0.4) is 0 Å². The average Bonchev–Trinajstić information content (AvgIpc) is 2.41. The van der Waals surface area contributed by atoms with E-state index in [-0.39, 0.29) is 0 Å². The van der Waals surface area contributed by atoms with E-state index in [2.05, 4.69) is 57.0 Å². The number of hydrogen-bond acceptors (Lipinski definition) is 0. The molecule has 0 aliphatic heterocycles. The van der Waals surface area contributed by atoms with Crippen LogP contribution in [-0.4, -0.2) is 0 Å². The molecule has 2 rings (SSSR count). The van der Waals surface area contributed by atoms with Gasteiger partial charge in [0.05, 0.1) is 0 Å². The first kappa shape index (κ1) is 13.7. The highest BCUT2D eigenvalue weighted by Crippen LogP contribution is 2.36. The summed E-state index contributed by atoms with van der Waals surface area (Å²) in [6.45, 7) is 0. The highest BCUT2D eigenvalue weighted by molar-refractivity contribution is 9.12. The van der Waals surface area contributed by atoms with E-state index in [1.807, 2.05) is 0 Å². The largest absolute Gasteiger partial charge is 0.0933 e. The summed E-state index contributed by atoms with van der Waals surface area (Å²) in [5, 5.41) is 0. The average molecular weight is 324 g/mol. The highest BCUT2D eigenvalue weighted by Gasteiger charge is 2.20. The fraction of sp³-hybridized carbons (Fsp3) is 0.375. The lowest BCUT2D eigenvalue weighted by Crippen LogP contribution is -2.11. The zero-order valence-electron chi connectivity index (χ0n) is 10.2. The minimum atomic E-state index is 0.678. The Bertz CT molecular complexity index is 456. The summed E-state index contributed by atoms with van der Waals surface area (Å²) in [6.07, 6.45) is 7.14. The first-order valence-electron chi connectivity index (χ1n) is 6.32. The minimum Gasteiger partial charge on any atom is -0.0933 e. The van der Waals surface area contributed by atoms with E-state index in [9.17, 15) is 0 Å². The fourth-order valence-corrected chi connectivity index (χ4v) is 3.08. The Balaban J connectivity index is 1.98. The van der Waals surface area contributed by atoms with Crippen molar-refractivity contribution in [2.45, 2.75) is 31.6 Å². The number of benzene rings is 1. The Morgan fingerprint density at radius 2 is 1.78 bits per heavy atom. The summed E-state index contributed by atoms with van der Waals surface area (Å²) >= 11 is 8.76. The van der Waals surface area contributed by atoms with Crippen molar-refractivity contribution in [3.8, 4) is 10.8 Å². The third-order valence-corrected chi connectivity index (χ3v) is 4.03. The molecule has 0 spiro atoms. The summed E-state index contributed by atoms with van der Waals surface area (Å²) < 4.78 is 0. The van der Waals surface area contributed by atoms with Gasteiger partial charge in [0, 0.05) is 27.0 Å². The second-order valence-corrected chi connectivity index (χ2v) is 5.42. The molecular formula is C16H16BrCl. The lowest BCUT2D eigenvalue weighted by Gasteiger charge is -2.27. The van der Waals surface area contributed by atoms with Crippen molar-refractivity contribution in [2.75, 3.05) is 0 Å². The van der Waals surface area contributed by atoms with Gasteiger partial charge in [-0.05, 0) is 60.0 Å². The van der Waals surface area contributed by atoms with Gasteiger partial charge in [-0.2, -0.15) is 0 Å².